The maximum Gasteiger partial charge on any atom is 0.339 e. The van der Waals surface area contributed by atoms with Crippen molar-refractivity contribution < 1.29 is 14.6 Å². The largest absolute Gasteiger partial charge is 0.478 e. The number of aromatic nitrogens is 3. The SMILES string of the molecule is Cn1ncc2c(NCCC3CCCO3)c(C(=O)O)cnc21. The van der Waals surface area contributed by atoms with Crippen molar-refractivity contribution >= 4 is 22.7 Å². The number of carbonyl (C=O) groups is 1. The van der Waals surface area contributed by atoms with Crippen molar-refractivity contribution in [3.63, 3.8) is 0 Å². The molecule has 1 aliphatic heterocycles. The first kappa shape index (κ1) is 13.8. The van der Waals surface area contributed by atoms with Gasteiger partial charge in [-0.15, -0.1) is 0 Å². The fourth-order valence-electron chi connectivity index (χ4n) is 2.68. The predicted octanol–water partition coefficient (Wildman–Crippen LogP) is 1.65. The Bertz CT molecular complexity index is 662. The minimum Gasteiger partial charge on any atom is -0.478 e. The Hall–Kier alpha value is -2.15. The average Bonchev–Trinajstić information content (AvgIpc) is 3.09. The van der Waals surface area contributed by atoms with Crippen molar-refractivity contribution in [3.05, 3.63) is 18.0 Å². The molecule has 0 saturated carbocycles. The van der Waals surface area contributed by atoms with Crippen LogP contribution in [0.1, 0.15) is 29.6 Å². The summed E-state index contributed by atoms with van der Waals surface area (Å²) in [7, 11) is 1.78. The first-order chi connectivity index (χ1) is 10.2. The second-order valence-corrected chi connectivity index (χ2v) is 5.21. The van der Waals surface area contributed by atoms with Crippen LogP contribution in [-0.2, 0) is 11.8 Å². The van der Waals surface area contributed by atoms with E-state index >= 15 is 0 Å². The van der Waals surface area contributed by atoms with Crippen LogP contribution in [0.25, 0.3) is 11.0 Å². The molecule has 0 bridgehead atoms. The number of aromatic carboxylic acids is 1. The molecule has 112 valence electrons. The first-order valence-electron chi connectivity index (χ1n) is 7.06. The summed E-state index contributed by atoms with van der Waals surface area (Å²) in [5.41, 5.74) is 1.42. The maximum absolute atomic E-state index is 11.4. The van der Waals surface area contributed by atoms with Crippen LogP contribution in [0.5, 0.6) is 0 Å². The highest BCUT2D eigenvalue weighted by Gasteiger charge is 2.18. The number of ether oxygens (including phenoxy) is 1. The van der Waals surface area contributed by atoms with Gasteiger partial charge in [0.05, 0.1) is 23.4 Å². The zero-order valence-electron chi connectivity index (χ0n) is 11.9. The number of anilines is 1. The highest BCUT2D eigenvalue weighted by molar-refractivity contribution is 6.03. The lowest BCUT2D eigenvalue weighted by Crippen LogP contribution is -2.14. The summed E-state index contributed by atoms with van der Waals surface area (Å²) in [6.45, 7) is 1.49. The zero-order chi connectivity index (χ0) is 14.8. The molecule has 2 N–H and O–H groups in total. The molecule has 3 heterocycles. The molecule has 1 saturated heterocycles. The number of pyridine rings is 1. The Morgan fingerprint density at radius 1 is 1.57 bits per heavy atom. The number of fused-ring (bicyclic) bond motifs is 1. The van der Waals surface area contributed by atoms with E-state index in [2.05, 4.69) is 15.4 Å². The van der Waals surface area contributed by atoms with Gasteiger partial charge in [-0.2, -0.15) is 5.10 Å². The van der Waals surface area contributed by atoms with Gasteiger partial charge in [-0.1, -0.05) is 0 Å². The van der Waals surface area contributed by atoms with Gasteiger partial charge in [-0.25, -0.2) is 9.78 Å². The highest BCUT2D eigenvalue weighted by Crippen LogP contribution is 2.26. The fourth-order valence-corrected chi connectivity index (χ4v) is 2.68. The summed E-state index contributed by atoms with van der Waals surface area (Å²) in [4.78, 5) is 15.5. The third kappa shape index (κ3) is 2.69. The second kappa shape index (κ2) is 5.69. The average molecular weight is 290 g/mol. The van der Waals surface area contributed by atoms with E-state index < -0.39 is 5.97 Å². The summed E-state index contributed by atoms with van der Waals surface area (Å²) in [5, 5.41) is 17.4. The second-order valence-electron chi connectivity index (χ2n) is 5.21. The molecule has 7 nitrogen and oxygen atoms in total. The monoisotopic (exact) mass is 290 g/mol. The molecule has 21 heavy (non-hydrogen) atoms. The lowest BCUT2D eigenvalue weighted by atomic mass is 10.1. The summed E-state index contributed by atoms with van der Waals surface area (Å²) in [5.74, 6) is -0.993. The lowest BCUT2D eigenvalue weighted by Gasteiger charge is -2.13. The van der Waals surface area contributed by atoms with Crippen LogP contribution in [0.3, 0.4) is 0 Å². The Morgan fingerprint density at radius 2 is 2.43 bits per heavy atom. The molecular weight excluding hydrogens is 272 g/mol. The Morgan fingerprint density at radius 3 is 3.14 bits per heavy atom. The Labute approximate surface area is 121 Å². The van der Waals surface area contributed by atoms with Crippen LogP contribution in [0.2, 0.25) is 0 Å². The molecule has 1 aliphatic rings. The lowest BCUT2D eigenvalue weighted by molar-refractivity contribution is 0.0697. The number of nitrogens with one attached hydrogen (secondary N) is 1. The van der Waals surface area contributed by atoms with Crippen molar-refractivity contribution in [2.45, 2.75) is 25.4 Å². The molecule has 7 heteroatoms. The number of hydrogen-bond acceptors (Lipinski definition) is 5. The van der Waals surface area contributed by atoms with Crippen LogP contribution >= 0.6 is 0 Å². The zero-order valence-corrected chi connectivity index (χ0v) is 11.9. The van der Waals surface area contributed by atoms with Crippen molar-refractivity contribution in [2.24, 2.45) is 7.05 Å². The van der Waals surface area contributed by atoms with Gasteiger partial charge >= 0.3 is 5.97 Å². The van der Waals surface area contributed by atoms with Gasteiger partial charge < -0.3 is 15.2 Å². The van der Waals surface area contributed by atoms with Crippen LogP contribution < -0.4 is 5.32 Å². The van der Waals surface area contributed by atoms with Crippen molar-refractivity contribution in [2.75, 3.05) is 18.5 Å². The van der Waals surface area contributed by atoms with E-state index in [1.165, 1.54) is 6.20 Å². The molecule has 0 aliphatic carbocycles. The fraction of sp³-hybridized carbons (Fsp3) is 0.500. The molecule has 0 spiro atoms. The Balaban J connectivity index is 1.83. The number of rotatable bonds is 5. The molecule has 0 radical (unpaired) electrons. The number of carboxylic acid groups (broad SMARTS) is 1. The van der Waals surface area contributed by atoms with Gasteiger partial charge in [0.25, 0.3) is 0 Å². The highest BCUT2D eigenvalue weighted by atomic mass is 16.5. The van der Waals surface area contributed by atoms with E-state index in [9.17, 15) is 9.90 Å². The summed E-state index contributed by atoms with van der Waals surface area (Å²) < 4.78 is 7.21. The van der Waals surface area contributed by atoms with Crippen LogP contribution in [0, 0.1) is 0 Å². The molecule has 3 rings (SSSR count). The first-order valence-corrected chi connectivity index (χ1v) is 7.06. The van der Waals surface area contributed by atoms with Crippen molar-refractivity contribution in [3.8, 4) is 0 Å². The molecule has 2 aromatic rings. The predicted molar refractivity (Wildman–Crippen MR) is 77.5 cm³/mol. The van der Waals surface area contributed by atoms with E-state index in [0.29, 0.717) is 17.9 Å². The number of carboxylic acids is 1. The van der Waals surface area contributed by atoms with E-state index in [-0.39, 0.29) is 11.7 Å². The molecule has 1 atom stereocenters. The third-order valence-corrected chi connectivity index (χ3v) is 3.78. The van der Waals surface area contributed by atoms with Gasteiger partial charge in [0.1, 0.15) is 5.56 Å². The normalized spacial score (nSPS) is 18.2. The van der Waals surface area contributed by atoms with E-state index in [4.69, 9.17) is 4.74 Å². The van der Waals surface area contributed by atoms with Gasteiger partial charge in [0, 0.05) is 26.4 Å². The van der Waals surface area contributed by atoms with Gasteiger partial charge in [0.15, 0.2) is 5.65 Å². The molecule has 1 fully saturated rings. The summed E-state index contributed by atoms with van der Waals surface area (Å²) in [6, 6.07) is 0. The molecule has 2 aromatic heterocycles. The van der Waals surface area contributed by atoms with Gasteiger partial charge in [-0.3, -0.25) is 4.68 Å². The molecule has 0 amide bonds. The van der Waals surface area contributed by atoms with Crippen LogP contribution in [-0.4, -0.2) is 45.1 Å². The van der Waals surface area contributed by atoms with Crippen LogP contribution in [0.4, 0.5) is 5.69 Å². The van der Waals surface area contributed by atoms with Crippen LogP contribution in [0.15, 0.2) is 12.4 Å². The van der Waals surface area contributed by atoms with Crippen molar-refractivity contribution in [1.29, 1.82) is 0 Å². The number of nitrogens with zero attached hydrogens (tertiary/aromatic N) is 3. The topological polar surface area (TPSA) is 89.3 Å². The number of hydrogen-bond donors (Lipinski definition) is 2. The summed E-state index contributed by atoms with van der Waals surface area (Å²) >= 11 is 0. The van der Waals surface area contributed by atoms with Gasteiger partial charge in [0.2, 0.25) is 0 Å². The van der Waals surface area contributed by atoms with E-state index in [1.54, 1.807) is 17.9 Å². The Kier molecular flexibility index (Phi) is 3.74. The van der Waals surface area contributed by atoms with Gasteiger partial charge in [-0.05, 0) is 19.3 Å². The standard InChI is InChI=1S/C14H18N4O3/c1-18-13-10(8-17-18)12(11(7-16-13)14(19)20)15-5-4-9-3-2-6-21-9/h7-9H,2-6H2,1H3,(H,15,16)(H,19,20). The number of aryl methyl sites for hydroxylation is 1. The van der Waals surface area contributed by atoms with Crippen molar-refractivity contribution in [1.82, 2.24) is 14.8 Å². The quantitative estimate of drug-likeness (QED) is 0.870. The third-order valence-electron chi connectivity index (χ3n) is 3.78. The minimum absolute atomic E-state index is 0.169. The maximum atomic E-state index is 11.4. The molecular formula is C14H18N4O3. The van der Waals surface area contributed by atoms with E-state index in [1.807, 2.05) is 0 Å². The summed E-state index contributed by atoms with van der Waals surface area (Å²) in [6.07, 6.45) is 6.34. The van der Waals surface area contributed by atoms with E-state index in [0.717, 1.165) is 31.3 Å². The molecule has 0 aromatic carbocycles. The smallest absolute Gasteiger partial charge is 0.339 e. The minimum atomic E-state index is -0.993. The molecule has 1 unspecified atom stereocenters.